The first-order valence-electron chi connectivity index (χ1n) is 6.31. The number of aromatic nitrogens is 4. The van der Waals surface area contributed by atoms with Crippen LogP contribution in [0.5, 0.6) is 0 Å². The van der Waals surface area contributed by atoms with Crippen LogP contribution in [0.25, 0.3) is 16.7 Å². The molecule has 5 nitrogen and oxygen atoms in total. The molecular formula is C14H14N4OS. The van der Waals surface area contributed by atoms with Gasteiger partial charge in [-0.3, -0.25) is 0 Å². The molecule has 3 aromatic rings. The Morgan fingerprint density at radius 2 is 2.05 bits per heavy atom. The predicted octanol–water partition coefficient (Wildman–Crippen LogP) is 2.29. The van der Waals surface area contributed by atoms with Crippen LogP contribution in [0.2, 0.25) is 0 Å². The fourth-order valence-corrected chi connectivity index (χ4v) is 2.74. The van der Waals surface area contributed by atoms with Crippen LogP contribution in [-0.4, -0.2) is 36.7 Å². The number of nitrogens with zero attached hydrogens (tertiary/aromatic N) is 4. The molecular weight excluding hydrogens is 272 g/mol. The van der Waals surface area contributed by atoms with Gasteiger partial charge in [0.1, 0.15) is 11.4 Å². The number of hydrogen-bond donors (Lipinski definition) is 1. The van der Waals surface area contributed by atoms with E-state index in [1.165, 1.54) is 18.1 Å². The van der Waals surface area contributed by atoms with E-state index in [0.717, 1.165) is 21.7 Å². The molecule has 2 heterocycles. The third kappa shape index (κ3) is 2.39. The van der Waals surface area contributed by atoms with E-state index >= 15 is 0 Å². The van der Waals surface area contributed by atoms with Gasteiger partial charge in [-0.05, 0) is 12.1 Å². The van der Waals surface area contributed by atoms with E-state index in [1.54, 1.807) is 10.9 Å². The van der Waals surface area contributed by atoms with E-state index < -0.39 is 0 Å². The van der Waals surface area contributed by atoms with Gasteiger partial charge < -0.3 is 5.11 Å². The molecule has 20 heavy (non-hydrogen) atoms. The minimum absolute atomic E-state index is 0.0909. The number of aliphatic hydroxyl groups is 1. The molecule has 2 aromatic heterocycles. The zero-order valence-corrected chi connectivity index (χ0v) is 11.8. The van der Waals surface area contributed by atoms with Crippen LogP contribution < -0.4 is 0 Å². The Labute approximate surface area is 120 Å². The van der Waals surface area contributed by atoms with E-state index in [9.17, 15) is 0 Å². The Morgan fingerprint density at radius 1 is 1.25 bits per heavy atom. The summed E-state index contributed by atoms with van der Waals surface area (Å²) in [6.45, 7) is 2.07. The molecule has 0 aliphatic heterocycles. The summed E-state index contributed by atoms with van der Waals surface area (Å²) in [5.41, 5.74) is 1.74. The zero-order valence-electron chi connectivity index (χ0n) is 11.0. The normalized spacial score (nSPS) is 12.7. The topological polar surface area (TPSA) is 63.8 Å². The summed E-state index contributed by atoms with van der Waals surface area (Å²) in [4.78, 5) is 8.61. The Bertz CT molecular complexity index is 714. The van der Waals surface area contributed by atoms with Crippen molar-refractivity contribution in [1.29, 1.82) is 0 Å². The molecule has 3 rings (SSSR count). The van der Waals surface area contributed by atoms with Crippen molar-refractivity contribution in [2.45, 2.75) is 17.2 Å². The van der Waals surface area contributed by atoms with Crippen molar-refractivity contribution >= 4 is 22.8 Å². The summed E-state index contributed by atoms with van der Waals surface area (Å²) in [6, 6.07) is 9.87. The molecule has 0 fully saturated rings. The summed E-state index contributed by atoms with van der Waals surface area (Å²) >= 11 is 1.53. The average Bonchev–Trinajstić information content (AvgIpc) is 2.93. The molecule has 0 aliphatic rings. The van der Waals surface area contributed by atoms with Crippen molar-refractivity contribution in [3.8, 4) is 5.69 Å². The van der Waals surface area contributed by atoms with E-state index in [0.29, 0.717) is 0 Å². The molecule has 6 heteroatoms. The fourth-order valence-electron chi connectivity index (χ4n) is 1.90. The van der Waals surface area contributed by atoms with E-state index in [2.05, 4.69) is 15.1 Å². The monoisotopic (exact) mass is 286 g/mol. The van der Waals surface area contributed by atoms with Crippen molar-refractivity contribution in [3.63, 3.8) is 0 Å². The zero-order chi connectivity index (χ0) is 13.9. The van der Waals surface area contributed by atoms with Crippen LogP contribution >= 0.6 is 11.8 Å². The van der Waals surface area contributed by atoms with Gasteiger partial charge in [-0.25, -0.2) is 14.6 Å². The molecule has 0 saturated carbocycles. The lowest BCUT2D eigenvalue weighted by Gasteiger charge is -2.07. The van der Waals surface area contributed by atoms with Gasteiger partial charge >= 0.3 is 0 Å². The number of hydrogen-bond acceptors (Lipinski definition) is 5. The highest BCUT2D eigenvalue weighted by Gasteiger charge is 2.13. The lowest BCUT2D eigenvalue weighted by Crippen LogP contribution is -2.03. The number of fused-ring (bicyclic) bond motifs is 1. The molecule has 0 spiro atoms. The lowest BCUT2D eigenvalue weighted by molar-refractivity contribution is 0.300. The molecule has 0 amide bonds. The van der Waals surface area contributed by atoms with Gasteiger partial charge in [-0.1, -0.05) is 25.1 Å². The molecule has 1 N–H and O–H groups in total. The summed E-state index contributed by atoms with van der Waals surface area (Å²) in [7, 11) is 0. The van der Waals surface area contributed by atoms with Gasteiger partial charge in [0.2, 0.25) is 0 Å². The first-order valence-corrected chi connectivity index (χ1v) is 7.19. The van der Waals surface area contributed by atoms with Crippen LogP contribution in [0.3, 0.4) is 0 Å². The van der Waals surface area contributed by atoms with Crippen LogP contribution in [0, 0.1) is 0 Å². The van der Waals surface area contributed by atoms with Gasteiger partial charge in [-0.2, -0.15) is 5.10 Å². The summed E-state index contributed by atoms with van der Waals surface area (Å²) < 4.78 is 1.80. The van der Waals surface area contributed by atoms with Crippen LogP contribution in [-0.2, 0) is 0 Å². The Morgan fingerprint density at radius 3 is 2.80 bits per heavy atom. The number of thioether (sulfide) groups is 1. The maximum Gasteiger partial charge on any atom is 0.167 e. The van der Waals surface area contributed by atoms with Crippen LogP contribution in [0.1, 0.15) is 6.92 Å². The number of para-hydroxylation sites is 1. The van der Waals surface area contributed by atoms with Gasteiger partial charge in [0.05, 0.1) is 23.9 Å². The van der Waals surface area contributed by atoms with Gasteiger partial charge in [-0.15, -0.1) is 11.8 Å². The maximum atomic E-state index is 9.17. The molecule has 1 unspecified atom stereocenters. The molecule has 0 bridgehead atoms. The quantitative estimate of drug-likeness (QED) is 0.589. The van der Waals surface area contributed by atoms with Crippen molar-refractivity contribution in [1.82, 2.24) is 19.7 Å². The number of aliphatic hydroxyl groups excluding tert-OH is 1. The van der Waals surface area contributed by atoms with Crippen molar-refractivity contribution in [2.24, 2.45) is 0 Å². The van der Waals surface area contributed by atoms with Crippen molar-refractivity contribution in [2.75, 3.05) is 6.61 Å². The third-order valence-corrected chi connectivity index (χ3v) is 4.00. The average molecular weight is 286 g/mol. The predicted molar refractivity (Wildman–Crippen MR) is 79.1 cm³/mol. The molecule has 1 atom stereocenters. The molecule has 102 valence electrons. The second-order valence-electron chi connectivity index (χ2n) is 4.42. The van der Waals surface area contributed by atoms with Crippen molar-refractivity contribution < 1.29 is 5.11 Å². The minimum Gasteiger partial charge on any atom is -0.395 e. The highest BCUT2D eigenvalue weighted by Crippen LogP contribution is 2.28. The summed E-state index contributed by atoms with van der Waals surface area (Å²) in [5, 5.41) is 15.4. The van der Waals surface area contributed by atoms with Crippen LogP contribution in [0.4, 0.5) is 0 Å². The highest BCUT2D eigenvalue weighted by atomic mass is 32.2. The standard InChI is InChI=1S/C14H14N4OS/c1-10(8-19)20-14-12-7-17-18(13(12)15-9-16-14)11-5-3-2-4-6-11/h2-7,9-10,19H,8H2,1H3. The van der Waals surface area contributed by atoms with Gasteiger partial charge in [0.15, 0.2) is 5.65 Å². The van der Waals surface area contributed by atoms with E-state index in [4.69, 9.17) is 5.11 Å². The Balaban J connectivity index is 2.08. The molecule has 0 aliphatic carbocycles. The second kappa shape index (κ2) is 5.60. The first-order chi connectivity index (χ1) is 9.79. The molecule has 0 saturated heterocycles. The largest absolute Gasteiger partial charge is 0.395 e. The smallest absolute Gasteiger partial charge is 0.167 e. The fraction of sp³-hybridized carbons (Fsp3) is 0.214. The second-order valence-corrected chi connectivity index (χ2v) is 5.85. The molecule has 0 radical (unpaired) electrons. The lowest BCUT2D eigenvalue weighted by atomic mass is 10.3. The van der Waals surface area contributed by atoms with Gasteiger partial charge in [0.25, 0.3) is 0 Å². The molecule has 1 aromatic carbocycles. The Hall–Kier alpha value is -1.92. The summed E-state index contributed by atoms with van der Waals surface area (Å²) in [5.74, 6) is 0. The van der Waals surface area contributed by atoms with Crippen molar-refractivity contribution in [3.05, 3.63) is 42.9 Å². The van der Waals surface area contributed by atoms with E-state index in [1.807, 2.05) is 37.3 Å². The Kier molecular flexibility index (Phi) is 3.66. The third-order valence-electron chi connectivity index (χ3n) is 2.90. The minimum atomic E-state index is 0.0909. The maximum absolute atomic E-state index is 9.17. The number of rotatable bonds is 4. The van der Waals surface area contributed by atoms with E-state index in [-0.39, 0.29) is 11.9 Å². The summed E-state index contributed by atoms with van der Waals surface area (Å²) in [6.07, 6.45) is 3.31. The SMILES string of the molecule is CC(CO)Sc1ncnc2c1cnn2-c1ccccc1. The first kappa shape index (κ1) is 13.1. The number of benzene rings is 1. The highest BCUT2D eigenvalue weighted by molar-refractivity contribution is 8.00. The van der Waals surface area contributed by atoms with Crippen LogP contribution in [0.15, 0.2) is 47.9 Å². The van der Waals surface area contributed by atoms with Gasteiger partial charge in [0, 0.05) is 5.25 Å².